The van der Waals surface area contributed by atoms with E-state index in [2.05, 4.69) is 25.9 Å². The van der Waals surface area contributed by atoms with E-state index in [0.29, 0.717) is 22.7 Å². The molecule has 4 rings (SSSR count). The van der Waals surface area contributed by atoms with E-state index in [-0.39, 0.29) is 17.3 Å². The summed E-state index contributed by atoms with van der Waals surface area (Å²) in [5.74, 6) is -0.0764. The number of rotatable bonds is 6. The normalized spacial score (nSPS) is 14.5. The van der Waals surface area contributed by atoms with Crippen molar-refractivity contribution in [1.82, 2.24) is 30.0 Å². The number of amides is 1. The molecule has 1 aliphatic rings. The monoisotopic (exact) mass is 401 g/mol. The standard InChI is InChI=1S/C18H20FN7OS/c1-12-10-16(26(22-12)15-9-5-4-8-14(15)19)20-17(27)11-28-18-21-23-24-25(18)13-6-2-3-7-13/h4-5,8-10,13H,2-3,6-7,11H2,1H3,(H,20,27). The molecule has 0 atom stereocenters. The largest absolute Gasteiger partial charge is 0.310 e. The smallest absolute Gasteiger partial charge is 0.236 e. The van der Waals surface area contributed by atoms with Crippen molar-refractivity contribution in [2.75, 3.05) is 11.1 Å². The molecule has 8 nitrogen and oxygen atoms in total. The highest BCUT2D eigenvalue weighted by Crippen LogP contribution is 2.31. The lowest BCUT2D eigenvalue weighted by Gasteiger charge is -2.11. The quantitative estimate of drug-likeness (QED) is 0.638. The Kier molecular flexibility index (Phi) is 5.38. The first kappa shape index (κ1) is 18.6. The SMILES string of the molecule is Cc1cc(NC(=O)CSc2nnnn2C2CCCC2)n(-c2ccccc2F)n1. The van der Waals surface area contributed by atoms with Crippen LogP contribution in [0.15, 0.2) is 35.5 Å². The Labute approximate surface area is 165 Å². The van der Waals surface area contributed by atoms with Crippen molar-refractivity contribution in [2.45, 2.75) is 43.8 Å². The fourth-order valence-corrected chi connectivity index (χ4v) is 4.11. The van der Waals surface area contributed by atoms with Crippen LogP contribution in [-0.4, -0.2) is 41.6 Å². The van der Waals surface area contributed by atoms with Gasteiger partial charge in [0.2, 0.25) is 11.1 Å². The summed E-state index contributed by atoms with van der Waals surface area (Å²) in [5, 5.41) is 19.6. The number of benzene rings is 1. The zero-order chi connectivity index (χ0) is 19.5. The highest BCUT2D eigenvalue weighted by atomic mass is 32.2. The summed E-state index contributed by atoms with van der Waals surface area (Å²) in [6.07, 6.45) is 4.47. The molecular weight excluding hydrogens is 381 g/mol. The number of hydrogen-bond donors (Lipinski definition) is 1. The number of carbonyl (C=O) groups is 1. The van der Waals surface area contributed by atoms with Crippen molar-refractivity contribution in [2.24, 2.45) is 0 Å². The van der Waals surface area contributed by atoms with Crippen molar-refractivity contribution < 1.29 is 9.18 Å². The first-order valence-electron chi connectivity index (χ1n) is 9.14. The number of aryl methyl sites for hydroxylation is 1. The van der Waals surface area contributed by atoms with Crippen molar-refractivity contribution in [1.29, 1.82) is 0 Å². The number of carbonyl (C=O) groups excluding carboxylic acids is 1. The molecule has 0 radical (unpaired) electrons. The molecule has 0 unspecified atom stereocenters. The van der Waals surface area contributed by atoms with E-state index < -0.39 is 5.82 Å². The topological polar surface area (TPSA) is 90.5 Å². The Morgan fingerprint density at radius 1 is 1.32 bits per heavy atom. The molecule has 28 heavy (non-hydrogen) atoms. The fourth-order valence-electron chi connectivity index (χ4n) is 3.36. The molecule has 1 aromatic carbocycles. The van der Waals surface area contributed by atoms with Gasteiger partial charge in [0.05, 0.1) is 17.5 Å². The van der Waals surface area contributed by atoms with Gasteiger partial charge in [-0.2, -0.15) is 5.10 Å². The third kappa shape index (κ3) is 3.91. The van der Waals surface area contributed by atoms with Crippen LogP contribution in [0.1, 0.15) is 37.4 Å². The van der Waals surface area contributed by atoms with E-state index in [4.69, 9.17) is 0 Å². The van der Waals surface area contributed by atoms with Gasteiger partial charge in [-0.3, -0.25) is 4.79 Å². The van der Waals surface area contributed by atoms with Gasteiger partial charge in [0, 0.05) is 6.07 Å². The molecule has 10 heteroatoms. The second-order valence-corrected chi connectivity index (χ2v) is 7.66. The number of halogens is 1. The molecule has 2 aromatic heterocycles. The molecule has 1 N–H and O–H groups in total. The van der Waals surface area contributed by atoms with E-state index in [1.54, 1.807) is 31.2 Å². The average molecular weight is 401 g/mol. The van der Waals surface area contributed by atoms with Gasteiger partial charge >= 0.3 is 0 Å². The highest BCUT2D eigenvalue weighted by molar-refractivity contribution is 7.99. The zero-order valence-electron chi connectivity index (χ0n) is 15.4. The molecule has 2 heterocycles. The van der Waals surface area contributed by atoms with Crippen LogP contribution in [0.5, 0.6) is 0 Å². The first-order chi connectivity index (χ1) is 13.6. The molecule has 0 bridgehead atoms. The van der Waals surface area contributed by atoms with Crippen LogP contribution in [0, 0.1) is 12.7 Å². The van der Waals surface area contributed by atoms with Crippen LogP contribution in [0.3, 0.4) is 0 Å². The molecule has 1 aliphatic carbocycles. The maximum Gasteiger partial charge on any atom is 0.236 e. The Hall–Kier alpha value is -2.75. The second kappa shape index (κ2) is 8.09. The van der Waals surface area contributed by atoms with Crippen LogP contribution < -0.4 is 5.32 Å². The van der Waals surface area contributed by atoms with E-state index in [0.717, 1.165) is 12.8 Å². The van der Waals surface area contributed by atoms with E-state index in [1.807, 2.05) is 4.68 Å². The lowest BCUT2D eigenvalue weighted by molar-refractivity contribution is -0.113. The van der Waals surface area contributed by atoms with Gasteiger partial charge in [-0.05, 0) is 42.3 Å². The summed E-state index contributed by atoms with van der Waals surface area (Å²) in [5.41, 5.74) is 0.958. The minimum atomic E-state index is -0.411. The summed E-state index contributed by atoms with van der Waals surface area (Å²) < 4.78 is 17.3. The predicted octanol–water partition coefficient (Wildman–Crippen LogP) is 3.15. The summed E-state index contributed by atoms with van der Waals surface area (Å²) in [6, 6.07) is 8.32. The molecule has 0 spiro atoms. The van der Waals surface area contributed by atoms with Crippen LogP contribution in [-0.2, 0) is 4.79 Å². The minimum absolute atomic E-state index is 0.147. The zero-order valence-corrected chi connectivity index (χ0v) is 16.2. The molecule has 1 fully saturated rings. The number of nitrogens with zero attached hydrogens (tertiary/aromatic N) is 6. The van der Waals surface area contributed by atoms with Crippen LogP contribution in [0.4, 0.5) is 10.2 Å². The number of tetrazole rings is 1. The summed E-state index contributed by atoms with van der Waals surface area (Å²) >= 11 is 1.29. The Morgan fingerprint density at radius 2 is 2.11 bits per heavy atom. The fraction of sp³-hybridized carbons (Fsp3) is 0.389. The Balaban J connectivity index is 1.44. The second-order valence-electron chi connectivity index (χ2n) is 6.72. The van der Waals surface area contributed by atoms with Crippen molar-refractivity contribution >= 4 is 23.5 Å². The number of nitrogens with one attached hydrogen (secondary N) is 1. The van der Waals surface area contributed by atoms with Gasteiger partial charge in [-0.25, -0.2) is 13.8 Å². The Bertz CT molecular complexity index is 980. The number of para-hydroxylation sites is 1. The van der Waals surface area contributed by atoms with Gasteiger partial charge in [0.15, 0.2) is 0 Å². The molecule has 3 aromatic rings. The van der Waals surface area contributed by atoms with Gasteiger partial charge in [-0.1, -0.05) is 36.7 Å². The number of thioether (sulfide) groups is 1. The maximum atomic E-state index is 14.1. The number of hydrogen-bond acceptors (Lipinski definition) is 6. The highest BCUT2D eigenvalue weighted by Gasteiger charge is 2.22. The van der Waals surface area contributed by atoms with E-state index in [9.17, 15) is 9.18 Å². The predicted molar refractivity (Wildman–Crippen MR) is 103 cm³/mol. The molecule has 1 saturated carbocycles. The molecule has 0 aliphatic heterocycles. The Morgan fingerprint density at radius 3 is 2.89 bits per heavy atom. The van der Waals surface area contributed by atoms with Gasteiger partial charge < -0.3 is 5.32 Å². The van der Waals surface area contributed by atoms with Crippen molar-refractivity contribution in [3.05, 3.63) is 41.8 Å². The maximum absolute atomic E-state index is 14.1. The van der Waals surface area contributed by atoms with E-state index in [1.165, 1.54) is 35.4 Å². The van der Waals surface area contributed by atoms with E-state index >= 15 is 0 Å². The van der Waals surface area contributed by atoms with Crippen molar-refractivity contribution in [3.63, 3.8) is 0 Å². The van der Waals surface area contributed by atoms with Crippen LogP contribution >= 0.6 is 11.8 Å². The first-order valence-corrected chi connectivity index (χ1v) is 10.1. The lowest BCUT2D eigenvalue weighted by atomic mass is 10.3. The third-order valence-corrected chi connectivity index (χ3v) is 5.58. The lowest BCUT2D eigenvalue weighted by Crippen LogP contribution is -2.18. The molecule has 1 amide bonds. The summed E-state index contributed by atoms with van der Waals surface area (Å²) in [4.78, 5) is 12.5. The van der Waals surface area contributed by atoms with Gasteiger partial charge in [0.1, 0.15) is 17.3 Å². The molecular formula is C18H20FN7OS. The number of aromatic nitrogens is 6. The number of anilines is 1. The van der Waals surface area contributed by atoms with Crippen molar-refractivity contribution in [3.8, 4) is 5.69 Å². The summed E-state index contributed by atoms with van der Waals surface area (Å²) in [7, 11) is 0. The summed E-state index contributed by atoms with van der Waals surface area (Å²) in [6.45, 7) is 1.79. The third-order valence-electron chi connectivity index (χ3n) is 4.65. The average Bonchev–Trinajstić information content (AvgIpc) is 3.41. The van der Waals surface area contributed by atoms with Gasteiger partial charge in [0.25, 0.3) is 0 Å². The van der Waals surface area contributed by atoms with Crippen LogP contribution in [0.2, 0.25) is 0 Å². The molecule has 146 valence electrons. The minimum Gasteiger partial charge on any atom is -0.310 e. The van der Waals surface area contributed by atoms with Gasteiger partial charge in [-0.15, -0.1) is 5.10 Å². The van der Waals surface area contributed by atoms with Crippen LogP contribution in [0.25, 0.3) is 5.69 Å². The molecule has 0 saturated heterocycles.